The molecular weight excluding hydrogens is 222 g/mol. The summed E-state index contributed by atoms with van der Waals surface area (Å²) in [6, 6.07) is 0. The number of aromatic nitrogens is 3. The second kappa shape index (κ2) is 5.67. The monoisotopic (exact) mass is 243 g/mol. The number of nitrogens with zero attached hydrogens (tertiary/aromatic N) is 3. The molecule has 0 saturated carbocycles. The lowest BCUT2D eigenvalue weighted by Crippen LogP contribution is -2.21. The summed E-state index contributed by atoms with van der Waals surface area (Å²) in [5, 5.41) is 4.45. The first-order valence-electron chi connectivity index (χ1n) is 5.95. The molecule has 1 atom stereocenters. The van der Waals surface area contributed by atoms with E-state index in [0.29, 0.717) is 0 Å². The second-order valence-corrected chi connectivity index (χ2v) is 5.97. The third-order valence-corrected chi connectivity index (χ3v) is 2.76. The number of halogens is 1. The van der Waals surface area contributed by atoms with Crippen LogP contribution in [0.25, 0.3) is 0 Å². The van der Waals surface area contributed by atoms with Crippen molar-refractivity contribution < 1.29 is 0 Å². The maximum Gasteiger partial charge on any atom is 0.138 e. The second-order valence-electron chi connectivity index (χ2n) is 5.23. The van der Waals surface area contributed by atoms with E-state index in [1.807, 2.05) is 11.6 Å². The number of hydrogen-bond donors (Lipinski definition) is 0. The van der Waals surface area contributed by atoms with E-state index in [9.17, 15) is 0 Å². The minimum atomic E-state index is 0.180. The Morgan fingerprint density at radius 2 is 2.19 bits per heavy atom. The van der Waals surface area contributed by atoms with Crippen LogP contribution in [0.2, 0.25) is 0 Å². The van der Waals surface area contributed by atoms with Crippen molar-refractivity contribution >= 4 is 11.6 Å². The van der Waals surface area contributed by atoms with Crippen molar-refractivity contribution in [2.45, 2.75) is 58.9 Å². The summed E-state index contributed by atoms with van der Waals surface area (Å²) in [5.74, 6) is 1.07. The molecule has 0 bridgehead atoms. The zero-order valence-electron chi connectivity index (χ0n) is 10.7. The first-order valence-corrected chi connectivity index (χ1v) is 6.39. The Labute approximate surface area is 103 Å². The van der Waals surface area contributed by atoms with E-state index in [-0.39, 0.29) is 10.8 Å². The van der Waals surface area contributed by atoms with E-state index in [1.54, 1.807) is 6.33 Å². The van der Waals surface area contributed by atoms with Gasteiger partial charge in [-0.2, -0.15) is 5.10 Å². The molecule has 0 fully saturated rings. The first kappa shape index (κ1) is 13.5. The normalized spacial score (nSPS) is 14.1. The van der Waals surface area contributed by atoms with Gasteiger partial charge in [-0.05, 0) is 25.2 Å². The van der Waals surface area contributed by atoms with Crippen molar-refractivity contribution in [1.29, 1.82) is 0 Å². The molecule has 1 aromatic heterocycles. The molecule has 3 nitrogen and oxygen atoms in total. The molecule has 0 spiro atoms. The SMILES string of the molecule is CCCn1ncnc1CC(C)(C)CC(C)Cl. The topological polar surface area (TPSA) is 30.7 Å². The summed E-state index contributed by atoms with van der Waals surface area (Å²) in [6.07, 6.45) is 4.66. The van der Waals surface area contributed by atoms with Gasteiger partial charge < -0.3 is 0 Å². The Morgan fingerprint density at radius 3 is 2.75 bits per heavy atom. The lowest BCUT2D eigenvalue weighted by molar-refractivity contribution is 0.316. The Hall–Kier alpha value is -0.570. The van der Waals surface area contributed by atoms with Gasteiger partial charge in [0.2, 0.25) is 0 Å². The fourth-order valence-corrected chi connectivity index (χ4v) is 2.50. The summed E-state index contributed by atoms with van der Waals surface area (Å²) < 4.78 is 2.00. The molecule has 1 rings (SSSR count). The molecule has 16 heavy (non-hydrogen) atoms. The minimum Gasteiger partial charge on any atom is -0.250 e. The van der Waals surface area contributed by atoms with Crippen LogP contribution in [0, 0.1) is 5.41 Å². The van der Waals surface area contributed by atoms with Gasteiger partial charge in [-0.1, -0.05) is 20.8 Å². The van der Waals surface area contributed by atoms with Gasteiger partial charge >= 0.3 is 0 Å². The van der Waals surface area contributed by atoms with Gasteiger partial charge in [0.05, 0.1) is 0 Å². The van der Waals surface area contributed by atoms with Gasteiger partial charge in [0, 0.05) is 18.3 Å². The minimum absolute atomic E-state index is 0.180. The highest BCUT2D eigenvalue weighted by Crippen LogP contribution is 2.28. The fraction of sp³-hybridized carbons (Fsp3) is 0.833. The van der Waals surface area contributed by atoms with Crippen molar-refractivity contribution in [2.24, 2.45) is 5.41 Å². The summed E-state index contributed by atoms with van der Waals surface area (Å²) >= 11 is 6.06. The molecule has 0 N–H and O–H groups in total. The number of alkyl halides is 1. The average Bonchev–Trinajstić information content (AvgIpc) is 2.50. The molecule has 0 aliphatic carbocycles. The van der Waals surface area contributed by atoms with Crippen LogP contribution >= 0.6 is 11.6 Å². The Morgan fingerprint density at radius 1 is 1.50 bits per heavy atom. The molecule has 0 aliphatic heterocycles. The van der Waals surface area contributed by atoms with Crippen LogP contribution in [0.4, 0.5) is 0 Å². The van der Waals surface area contributed by atoms with E-state index in [1.165, 1.54) is 0 Å². The molecule has 0 amide bonds. The van der Waals surface area contributed by atoms with Gasteiger partial charge in [-0.25, -0.2) is 4.98 Å². The van der Waals surface area contributed by atoms with Crippen LogP contribution < -0.4 is 0 Å². The molecule has 92 valence electrons. The van der Waals surface area contributed by atoms with Crippen LogP contribution in [0.1, 0.15) is 46.4 Å². The van der Waals surface area contributed by atoms with E-state index >= 15 is 0 Å². The van der Waals surface area contributed by atoms with Crippen LogP contribution in [0.5, 0.6) is 0 Å². The van der Waals surface area contributed by atoms with Gasteiger partial charge in [-0.15, -0.1) is 11.6 Å². The quantitative estimate of drug-likeness (QED) is 0.718. The highest BCUT2D eigenvalue weighted by Gasteiger charge is 2.23. The summed E-state index contributed by atoms with van der Waals surface area (Å²) in [7, 11) is 0. The molecule has 1 unspecified atom stereocenters. The standard InChI is InChI=1S/C12H22ClN3/c1-5-6-16-11(14-9-15-16)8-12(3,4)7-10(2)13/h9-10H,5-8H2,1-4H3. The largest absolute Gasteiger partial charge is 0.250 e. The molecule has 1 aromatic rings. The zero-order chi connectivity index (χ0) is 12.2. The lowest BCUT2D eigenvalue weighted by Gasteiger charge is -2.25. The zero-order valence-corrected chi connectivity index (χ0v) is 11.5. The summed E-state index contributed by atoms with van der Waals surface area (Å²) in [4.78, 5) is 4.34. The molecule has 4 heteroatoms. The third kappa shape index (κ3) is 4.12. The van der Waals surface area contributed by atoms with E-state index < -0.39 is 0 Å². The van der Waals surface area contributed by atoms with Crippen LogP contribution in [0.3, 0.4) is 0 Å². The smallest absolute Gasteiger partial charge is 0.138 e. The van der Waals surface area contributed by atoms with Crippen molar-refractivity contribution in [3.63, 3.8) is 0 Å². The Balaban J connectivity index is 2.67. The number of hydrogen-bond acceptors (Lipinski definition) is 2. The Bertz CT molecular complexity index is 318. The van der Waals surface area contributed by atoms with Crippen LogP contribution in [-0.4, -0.2) is 20.1 Å². The molecule has 0 saturated heterocycles. The van der Waals surface area contributed by atoms with Gasteiger partial charge in [-0.3, -0.25) is 4.68 Å². The predicted octanol–water partition coefficient (Wildman–Crippen LogP) is 3.27. The molecule has 1 heterocycles. The molecular formula is C12H22ClN3. The van der Waals surface area contributed by atoms with Gasteiger partial charge in [0.1, 0.15) is 12.2 Å². The van der Waals surface area contributed by atoms with E-state index in [0.717, 1.165) is 31.6 Å². The Kier molecular flexibility index (Phi) is 4.78. The molecule has 0 radical (unpaired) electrons. The predicted molar refractivity (Wildman–Crippen MR) is 67.7 cm³/mol. The van der Waals surface area contributed by atoms with E-state index in [2.05, 4.69) is 30.9 Å². The average molecular weight is 244 g/mol. The van der Waals surface area contributed by atoms with Crippen LogP contribution in [-0.2, 0) is 13.0 Å². The fourth-order valence-electron chi connectivity index (χ4n) is 2.09. The maximum absolute atomic E-state index is 6.06. The summed E-state index contributed by atoms with van der Waals surface area (Å²) in [5.41, 5.74) is 0.180. The number of aryl methyl sites for hydroxylation is 1. The summed E-state index contributed by atoms with van der Waals surface area (Å²) in [6.45, 7) is 9.60. The number of rotatable bonds is 6. The lowest BCUT2D eigenvalue weighted by atomic mass is 9.84. The third-order valence-electron chi connectivity index (χ3n) is 2.60. The van der Waals surface area contributed by atoms with Gasteiger partial charge in [0.25, 0.3) is 0 Å². The van der Waals surface area contributed by atoms with E-state index in [4.69, 9.17) is 11.6 Å². The molecule has 0 aromatic carbocycles. The molecule has 0 aliphatic rings. The maximum atomic E-state index is 6.06. The van der Waals surface area contributed by atoms with Crippen molar-refractivity contribution in [2.75, 3.05) is 0 Å². The van der Waals surface area contributed by atoms with Crippen molar-refractivity contribution in [1.82, 2.24) is 14.8 Å². The van der Waals surface area contributed by atoms with Crippen molar-refractivity contribution in [3.8, 4) is 0 Å². The highest BCUT2D eigenvalue weighted by atomic mass is 35.5. The van der Waals surface area contributed by atoms with Gasteiger partial charge in [0.15, 0.2) is 0 Å². The van der Waals surface area contributed by atoms with Crippen molar-refractivity contribution in [3.05, 3.63) is 12.2 Å². The highest BCUT2D eigenvalue weighted by molar-refractivity contribution is 6.20. The first-order chi connectivity index (χ1) is 7.44. The van der Waals surface area contributed by atoms with Crippen LogP contribution in [0.15, 0.2) is 6.33 Å².